The van der Waals surface area contributed by atoms with Gasteiger partial charge in [-0.3, -0.25) is 14.6 Å². The summed E-state index contributed by atoms with van der Waals surface area (Å²) in [6, 6.07) is 16.8. The molecular weight excluding hydrogens is 396 g/mol. The van der Waals surface area contributed by atoms with Gasteiger partial charge in [0.15, 0.2) is 11.5 Å². The van der Waals surface area contributed by atoms with Gasteiger partial charge in [-0.25, -0.2) is 0 Å². The number of carbonyl (C=O) groups is 2. The molecule has 0 saturated carbocycles. The fourth-order valence-electron chi connectivity index (χ4n) is 3.91. The number of nitrogens with zero attached hydrogens (tertiary/aromatic N) is 2. The zero-order valence-corrected chi connectivity index (χ0v) is 16.4. The first-order valence-electron chi connectivity index (χ1n) is 9.76. The molecule has 1 N–H and O–H groups in total. The van der Waals surface area contributed by atoms with Crippen molar-refractivity contribution in [3.63, 3.8) is 0 Å². The van der Waals surface area contributed by atoms with Gasteiger partial charge in [-0.2, -0.15) is 0 Å². The van der Waals surface area contributed by atoms with Gasteiger partial charge >= 0.3 is 0 Å². The molecule has 1 aromatic heterocycles. The van der Waals surface area contributed by atoms with E-state index in [4.69, 9.17) is 9.47 Å². The Morgan fingerprint density at radius 2 is 1.84 bits per heavy atom. The lowest BCUT2D eigenvalue weighted by Gasteiger charge is -2.25. The van der Waals surface area contributed by atoms with E-state index in [-0.39, 0.29) is 24.7 Å². The first-order chi connectivity index (χ1) is 15.1. The van der Waals surface area contributed by atoms with Gasteiger partial charge in [0.05, 0.1) is 11.6 Å². The highest BCUT2D eigenvalue weighted by molar-refractivity contribution is 6.46. The second-order valence-electron chi connectivity index (χ2n) is 7.27. The molecule has 0 unspecified atom stereocenters. The van der Waals surface area contributed by atoms with Crippen LogP contribution < -0.4 is 9.47 Å². The van der Waals surface area contributed by atoms with Crippen LogP contribution in [0.3, 0.4) is 0 Å². The number of Topliss-reactive ketones (excluding diaryl/α,β-unsaturated/α-hetero) is 1. The summed E-state index contributed by atoms with van der Waals surface area (Å²) in [4.78, 5) is 31.6. The second kappa shape index (κ2) is 7.60. The fraction of sp³-hybridized carbons (Fsp3) is 0.125. The highest BCUT2D eigenvalue weighted by atomic mass is 16.7. The van der Waals surface area contributed by atoms with E-state index < -0.39 is 17.7 Å². The molecule has 0 radical (unpaired) electrons. The van der Waals surface area contributed by atoms with E-state index in [2.05, 4.69) is 4.98 Å². The zero-order valence-electron chi connectivity index (χ0n) is 16.4. The molecule has 2 aromatic carbocycles. The lowest BCUT2D eigenvalue weighted by atomic mass is 9.95. The Kier molecular flexibility index (Phi) is 4.63. The van der Waals surface area contributed by atoms with Crippen molar-refractivity contribution in [1.29, 1.82) is 0 Å². The van der Waals surface area contributed by atoms with Crippen LogP contribution >= 0.6 is 0 Å². The van der Waals surface area contributed by atoms with Crippen LogP contribution in [0.4, 0.5) is 0 Å². The van der Waals surface area contributed by atoms with Crippen LogP contribution in [0.25, 0.3) is 5.76 Å². The monoisotopic (exact) mass is 414 g/mol. The Bertz CT molecular complexity index is 1190. The molecular formula is C24H18N2O5. The molecule has 2 aliphatic rings. The summed E-state index contributed by atoms with van der Waals surface area (Å²) in [7, 11) is 0. The number of aromatic nitrogens is 1. The van der Waals surface area contributed by atoms with Crippen LogP contribution in [0.5, 0.6) is 11.5 Å². The van der Waals surface area contributed by atoms with Crippen molar-refractivity contribution in [2.75, 3.05) is 6.79 Å². The molecule has 1 saturated heterocycles. The number of hydrogen-bond acceptors (Lipinski definition) is 6. The number of ketones is 1. The molecule has 7 nitrogen and oxygen atoms in total. The van der Waals surface area contributed by atoms with Crippen LogP contribution in [0.15, 0.2) is 78.6 Å². The summed E-state index contributed by atoms with van der Waals surface area (Å²) in [5.74, 6) is -0.493. The Labute approximate surface area is 178 Å². The van der Waals surface area contributed by atoms with Crippen LogP contribution in [-0.2, 0) is 16.1 Å². The SMILES string of the molecule is O=C1C(=O)N(Cc2cccnc2)[C@H](c2ccc3c(c2)OCO3)C1=C(O)c1ccccc1. The lowest BCUT2D eigenvalue weighted by Crippen LogP contribution is -2.29. The molecule has 2 aliphatic heterocycles. The number of hydrogen-bond donors (Lipinski definition) is 1. The molecule has 5 rings (SSSR count). The van der Waals surface area contributed by atoms with E-state index in [1.54, 1.807) is 60.9 Å². The fourth-order valence-corrected chi connectivity index (χ4v) is 3.91. The maximum atomic E-state index is 13.1. The Morgan fingerprint density at radius 1 is 1.03 bits per heavy atom. The molecule has 0 aliphatic carbocycles. The Hall–Kier alpha value is -4.13. The second-order valence-corrected chi connectivity index (χ2v) is 7.27. The average Bonchev–Trinajstić information content (AvgIpc) is 3.37. The van der Waals surface area contributed by atoms with Crippen molar-refractivity contribution in [2.24, 2.45) is 0 Å². The summed E-state index contributed by atoms with van der Waals surface area (Å²) in [6.07, 6.45) is 3.29. The third-order valence-corrected chi connectivity index (χ3v) is 5.38. The minimum Gasteiger partial charge on any atom is -0.507 e. The van der Waals surface area contributed by atoms with Crippen LogP contribution in [0, 0.1) is 0 Å². The van der Waals surface area contributed by atoms with E-state index in [1.807, 2.05) is 12.1 Å². The molecule has 154 valence electrons. The number of fused-ring (bicyclic) bond motifs is 1. The van der Waals surface area contributed by atoms with Crippen LogP contribution in [0.1, 0.15) is 22.7 Å². The van der Waals surface area contributed by atoms with E-state index in [0.717, 1.165) is 5.56 Å². The van der Waals surface area contributed by atoms with Crippen LogP contribution in [-0.4, -0.2) is 33.5 Å². The standard InChI is InChI=1S/C24H18N2O5/c27-22(16-6-2-1-3-7-16)20-21(17-8-9-18-19(11-17)31-14-30-18)26(24(29)23(20)28)13-15-5-4-10-25-12-15/h1-12,21,27H,13-14H2/t21-/m1/s1. The third kappa shape index (κ3) is 3.30. The summed E-state index contributed by atoms with van der Waals surface area (Å²) < 4.78 is 10.9. The molecule has 0 bridgehead atoms. The minimum atomic E-state index is -0.782. The third-order valence-electron chi connectivity index (χ3n) is 5.38. The number of pyridine rings is 1. The number of aliphatic hydroxyl groups is 1. The predicted molar refractivity (Wildman–Crippen MR) is 111 cm³/mol. The minimum absolute atomic E-state index is 0.0407. The maximum Gasteiger partial charge on any atom is 0.295 e. The van der Waals surface area contributed by atoms with Gasteiger partial charge in [0.25, 0.3) is 11.7 Å². The predicted octanol–water partition coefficient (Wildman–Crippen LogP) is 3.43. The Morgan fingerprint density at radius 3 is 2.61 bits per heavy atom. The molecule has 0 spiro atoms. The van der Waals surface area contributed by atoms with Crippen molar-refractivity contribution < 1.29 is 24.2 Å². The summed E-state index contributed by atoms with van der Waals surface area (Å²) in [6.45, 7) is 0.280. The Balaban J connectivity index is 1.66. The number of ether oxygens (including phenoxy) is 2. The first-order valence-corrected chi connectivity index (χ1v) is 9.76. The molecule has 3 aromatic rings. The average molecular weight is 414 g/mol. The van der Waals surface area contributed by atoms with E-state index in [0.29, 0.717) is 22.6 Å². The number of aliphatic hydroxyl groups excluding tert-OH is 1. The molecule has 1 atom stereocenters. The van der Waals surface area contributed by atoms with Gasteiger partial charge in [0, 0.05) is 24.5 Å². The van der Waals surface area contributed by atoms with E-state index in [9.17, 15) is 14.7 Å². The van der Waals surface area contributed by atoms with E-state index in [1.165, 1.54) is 4.90 Å². The smallest absolute Gasteiger partial charge is 0.295 e. The van der Waals surface area contributed by atoms with Crippen LogP contribution in [0.2, 0.25) is 0 Å². The van der Waals surface area contributed by atoms with Gasteiger partial charge in [0.2, 0.25) is 6.79 Å². The van der Waals surface area contributed by atoms with Crippen molar-refractivity contribution >= 4 is 17.4 Å². The van der Waals surface area contributed by atoms with Gasteiger partial charge < -0.3 is 19.5 Å². The number of likely N-dealkylation sites (tertiary alicyclic amines) is 1. The normalized spacial score (nSPS) is 19.1. The molecule has 7 heteroatoms. The quantitative estimate of drug-likeness (QED) is 0.400. The molecule has 1 amide bonds. The highest BCUT2D eigenvalue weighted by Gasteiger charge is 2.46. The summed E-state index contributed by atoms with van der Waals surface area (Å²) in [5.41, 5.74) is 1.92. The van der Waals surface area contributed by atoms with Crippen molar-refractivity contribution in [2.45, 2.75) is 12.6 Å². The number of benzene rings is 2. The van der Waals surface area contributed by atoms with Gasteiger partial charge in [0.1, 0.15) is 5.76 Å². The maximum absolute atomic E-state index is 13.1. The van der Waals surface area contributed by atoms with Crippen molar-refractivity contribution in [1.82, 2.24) is 9.88 Å². The van der Waals surface area contributed by atoms with Gasteiger partial charge in [-0.1, -0.05) is 42.5 Å². The summed E-state index contributed by atoms with van der Waals surface area (Å²) >= 11 is 0. The molecule has 3 heterocycles. The van der Waals surface area contributed by atoms with E-state index >= 15 is 0 Å². The topological polar surface area (TPSA) is 89.0 Å². The first kappa shape index (κ1) is 18.9. The zero-order chi connectivity index (χ0) is 21.4. The van der Waals surface area contributed by atoms with Gasteiger partial charge in [-0.05, 0) is 29.3 Å². The highest BCUT2D eigenvalue weighted by Crippen LogP contribution is 2.43. The molecule has 1 fully saturated rings. The number of rotatable bonds is 4. The van der Waals surface area contributed by atoms with Gasteiger partial charge in [-0.15, -0.1) is 0 Å². The number of carbonyl (C=O) groups excluding carboxylic acids is 2. The number of amides is 1. The van der Waals surface area contributed by atoms with Crippen molar-refractivity contribution in [3.8, 4) is 11.5 Å². The lowest BCUT2D eigenvalue weighted by molar-refractivity contribution is -0.140. The molecule has 31 heavy (non-hydrogen) atoms. The summed E-state index contributed by atoms with van der Waals surface area (Å²) in [5, 5.41) is 11.0. The largest absolute Gasteiger partial charge is 0.507 e. The van der Waals surface area contributed by atoms with Crippen molar-refractivity contribution in [3.05, 3.63) is 95.3 Å².